The number of nitrogens with zero attached hydrogens (tertiary/aromatic N) is 2. The van der Waals surface area contributed by atoms with Gasteiger partial charge in [0.15, 0.2) is 0 Å². The van der Waals surface area contributed by atoms with Crippen LogP contribution in [0.25, 0.3) is 11.0 Å². The molecule has 1 atom stereocenters. The van der Waals surface area contributed by atoms with Crippen molar-refractivity contribution < 1.29 is 9.52 Å². The molecule has 2 heterocycles. The number of aliphatic hydroxyl groups excluding tert-OH is 1. The van der Waals surface area contributed by atoms with Gasteiger partial charge >= 0.3 is 0 Å². The van der Waals surface area contributed by atoms with Crippen LogP contribution in [0.2, 0.25) is 0 Å². The molecule has 0 fully saturated rings. The normalized spacial score (nSPS) is 12.8. The van der Waals surface area contributed by atoms with E-state index < -0.39 is 6.10 Å². The lowest BCUT2D eigenvalue weighted by Crippen LogP contribution is -1.98. The molecule has 4 nitrogen and oxygen atoms in total. The van der Waals surface area contributed by atoms with Gasteiger partial charge in [0.25, 0.3) is 0 Å². The van der Waals surface area contributed by atoms with E-state index in [2.05, 4.69) is 9.97 Å². The van der Waals surface area contributed by atoms with E-state index in [0.717, 1.165) is 16.6 Å². The van der Waals surface area contributed by atoms with Gasteiger partial charge < -0.3 is 9.52 Å². The third-order valence-corrected chi connectivity index (χ3v) is 2.62. The van der Waals surface area contributed by atoms with E-state index in [9.17, 15) is 5.11 Å². The maximum absolute atomic E-state index is 10.1. The molecular weight excluding hydrogens is 216 g/mol. The highest BCUT2D eigenvalue weighted by Gasteiger charge is 2.13. The maximum atomic E-state index is 10.1. The fourth-order valence-electron chi connectivity index (χ4n) is 1.76. The second-order valence-corrected chi connectivity index (χ2v) is 3.72. The minimum atomic E-state index is -0.767. The fraction of sp³-hybridized carbons (Fsp3) is 0.0769. The number of furan rings is 1. The topological polar surface area (TPSA) is 59.2 Å². The molecule has 0 bridgehead atoms. The minimum absolute atomic E-state index is 0.522. The second kappa shape index (κ2) is 3.99. The van der Waals surface area contributed by atoms with Crippen molar-refractivity contribution in [1.29, 1.82) is 0 Å². The molecule has 0 amide bonds. The summed E-state index contributed by atoms with van der Waals surface area (Å²) >= 11 is 0. The Kier molecular flexibility index (Phi) is 2.34. The molecule has 0 saturated heterocycles. The molecule has 1 N–H and O–H groups in total. The first kappa shape index (κ1) is 9.99. The summed E-state index contributed by atoms with van der Waals surface area (Å²) in [6.45, 7) is 0. The minimum Gasteiger partial charge on any atom is -0.466 e. The van der Waals surface area contributed by atoms with Crippen molar-refractivity contribution in [2.75, 3.05) is 0 Å². The van der Waals surface area contributed by atoms with Gasteiger partial charge in [-0.2, -0.15) is 0 Å². The van der Waals surface area contributed by atoms with E-state index in [4.69, 9.17) is 4.42 Å². The van der Waals surface area contributed by atoms with E-state index in [-0.39, 0.29) is 0 Å². The number of rotatable bonds is 2. The summed E-state index contributed by atoms with van der Waals surface area (Å²) in [4.78, 5) is 8.38. The Morgan fingerprint density at radius 2 is 1.88 bits per heavy atom. The van der Waals surface area contributed by atoms with E-state index in [1.165, 1.54) is 0 Å². The largest absolute Gasteiger partial charge is 0.466 e. The van der Waals surface area contributed by atoms with E-state index >= 15 is 0 Å². The predicted octanol–water partition coefficient (Wildman–Crippen LogP) is 2.30. The van der Waals surface area contributed by atoms with Crippen LogP contribution < -0.4 is 0 Å². The van der Waals surface area contributed by atoms with Crippen molar-refractivity contribution in [3.8, 4) is 0 Å². The van der Waals surface area contributed by atoms with Crippen LogP contribution in [-0.4, -0.2) is 15.1 Å². The number of fused-ring (bicyclic) bond motifs is 1. The lowest BCUT2D eigenvalue weighted by molar-refractivity contribution is 0.189. The zero-order chi connectivity index (χ0) is 11.7. The maximum Gasteiger partial charge on any atom is 0.137 e. The van der Waals surface area contributed by atoms with Gasteiger partial charge in [0.2, 0.25) is 0 Å². The molecule has 0 radical (unpaired) electrons. The molecular formula is C13H10N2O2. The van der Waals surface area contributed by atoms with Crippen LogP contribution in [0.3, 0.4) is 0 Å². The van der Waals surface area contributed by atoms with Gasteiger partial charge in [-0.05, 0) is 29.8 Å². The van der Waals surface area contributed by atoms with Gasteiger partial charge in [0.1, 0.15) is 11.9 Å². The Balaban J connectivity index is 2.06. The van der Waals surface area contributed by atoms with Crippen molar-refractivity contribution in [1.82, 2.24) is 9.97 Å². The number of benzene rings is 1. The molecule has 3 rings (SSSR count). The van der Waals surface area contributed by atoms with E-state index in [1.54, 1.807) is 30.8 Å². The molecule has 3 aromatic rings. The SMILES string of the molecule is OC(c1ccc2nccnc2c1)c1ccco1. The molecule has 0 aliphatic heterocycles. The van der Waals surface area contributed by atoms with Crippen LogP contribution in [0.15, 0.2) is 53.4 Å². The summed E-state index contributed by atoms with van der Waals surface area (Å²) in [6, 6.07) is 8.97. The summed E-state index contributed by atoms with van der Waals surface area (Å²) in [7, 11) is 0. The highest BCUT2D eigenvalue weighted by molar-refractivity contribution is 5.74. The highest BCUT2D eigenvalue weighted by atomic mass is 16.4. The molecule has 0 aliphatic carbocycles. The van der Waals surface area contributed by atoms with Gasteiger partial charge in [-0.15, -0.1) is 0 Å². The van der Waals surface area contributed by atoms with Crippen molar-refractivity contribution in [2.45, 2.75) is 6.10 Å². The van der Waals surface area contributed by atoms with Crippen LogP contribution in [0.5, 0.6) is 0 Å². The molecule has 0 saturated carbocycles. The number of hydrogen-bond donors (Lipinski definition) is 1. The van der Waals surface area contributed by atoms with Crippen LogP contribution in [0, 0.1) is 0 Å². The van der Waals surface area contributed by atoms with Gasteiger partial charge in [0, 0.05) is 12.4 Å². The van der Waals surface area contributed by atoms with Gasteiger partial charge in [-0.3, -0.25) is 9.97 Å². The molecule has 0 spiro atoms. The number of aromatic nitrogens is 2. The van der Waals surface area contributed by atoms with Crippen LogP contribution >= 0.6 is 0 Å². The molecule has 4 heteroatoms. The lowest BCUT2D eigenvalue weighted by Gasteiger charge is -2.08. The Bertz CT molecular complexity index is 635. The van der Waals surface area contributed by atoms with Gasteiger partial charge in [-0.1, -0.05) is 6.07 Å². The van der Waals surface area contributed by atoms with Crippen molar-refractivity contribution >= 4 is 11.0 Å². The van der Waals surface area contributed by atoms with E-state index in [1.807, 2.05) is 18.2 Å². The standard InChI is InChI=1S/C13H10N2O2/c16-13(12-2-1-7-17-12)9-3-4-10-11(8-9)15-6-5-14-10/h1-8,13,16H. The Morgan fingerprint density at radius 3 is 2.65 bits per heavy atom. The quantitative estimate of drug-likeness (QED) is 0.728. The Morgan fingerprint density at radius 1 is 1.06 bits per heavy atom. The summed E-state index contributed by atoms with van der Waals surface area (Å²) in [5, 5.41) is 10.1. The molecule has 17 heavy (non-hydrogen) atoms. The smallest absolute Gasteiger partial charge is 0.137 e. The molecule has 0 aliphatic rings. The molecule has 84 valence electrons. The third-order valence-electron chi connectivity index (χ3n) is 2.62. The van der Waals surface area contributed by atoms with Gasteiger partial charge in [-0.25, -0.2) is 0 Å². The van der Waals surface area contributed by atoms with Crippen molar-refractivity contribution in [3.63, 3.8) is 0 Å². The Labute approximate surface area is 97.6 Å². The second-order valence-electron chi connectivity index (χ2n) is 3.72. The first-order valence-electron chi connectivity index (χ1n) is 5.27. The molecule has 1 unspecified atom stereocenters. The molecule has 1 aromatic carbocycles. The lowest BCUT2D eigenvalue weighted by atomic mass is 10.1. The van der Waals surface area contributed by atoms with Crippen molar-refractivity contribution in [3.05, 3.63) is 60.3 Å². The van der Waals surface area contributed by atoms with Crippen LogP contribution in [0.1, 0.15) is 17.4 Å². The predicted molar refractivity (Wildman–Crippen MR) is 62.3 cm³/mol. The summed E-state index contributed by atoms with van der Waals surface area (Å²) in [5.41, 5.74) is 2.31. The van der Waals surface area contributed by atoms with E-state index in [0.29, 0.717) is 5.76 Å². The fourth-order valence-corrected chi connectivity index (χ4v) is 1.76. The zero-order valence-electron chi connectivity index (χ0n) is 8.95. The number of hydrogen-bond acceptors (Lipinski definition) is 4. The highest BCUT2D eigenvalue weighted by Crippen LogP contribution is 2.24. The first-order chi connectivity index (χ1) is 8.34. The van der Waals surface area contributed by atoms with Crippen molar-refractivity contribution in [2.24, 2.45) is 0 Å². The summed E-state index contributed by atoms with van der Waals surface area (Å²) in [5.74, 6) is 0.522. The average molecular weight is 226 g/mol. The van der Waals surface area contributed by atoms with Crippen LogP contribution in [-0.2, 0) is 0 Å². The number of aliphatic hydroxyl groups is 1. The Hall–Kier alpha value is -2.20. The monoisotopic (exact) mass is 226 g/mol. The summed E-state index contributed by atoms with van der Waals surface area (Å²) < 4.78 is 5.18. The van der Waals surface area contributed by atoms with Gasteiger partial charge in [0.05, 0.1) is 17.3 Å². The average Bonchev–Trinajstić information content (AvgIpc) is 2.91. The molecule has 2 aromatic heterocycles. The zero-order valence-corrected chi connectivity index (χ0v) is 8.95. The summed E-state index contributed by atoms with van der Waals surface area (Å²) in [6.07, 6.45) is 4.05. The third kappa shape index (κ3) is 1.79. The first-order valence-corrected chi connectivity index (χ1v) is 5.27. The van der Waals surface area contributed by atoms with Crippen LogP contribution in [0.4, 0.5) is 0 Å².